The van der Waals surface area contributed by atoms with Crippen LogP contribution in [0.15, 0.2) is 66.9 Å². The molecule has 138 valence electrons. The molecule has 2 heterocycles. The number of ether oxygens (including phenoxy) is 1. The summed E-state index contributed by atoms with van der Waals surface area (Å²) in [5.74, 6) is 0. The largest absolute Gasteiger partial charge is 0.379 e. The van der Waals surface area contributed by atoms with E-state index in [1.54, 1.807) is 0 Å². The number of rotatable bonds is 3. The third-order valence-electron chi connectivity index (χ3n) is 5.18. The van der Waals surface area contributed by atoms with Gasteiger partial charge in [-0.15, -0.1) is 12.4 Å². The van der Waals surface area contributed by atoms with Gasteiger partial charge in [-0.05, 0) is 34.5 Å². The summed E-state index contributed by atoms with van der Waals surface area (Å²) in [4.78, 5) is 2.45. The van der Waals surface area contributed by atoms with Gasteiger partial charge < -0.3 is 4.74 Å². The molecule has 5 heteroatoms. The van der Waals surface area contributed by atoms with Crippen molar-refractivity contribution in [3.8, 4) is 5.69 Å². The van der Waals surface area contributed by atoms with Crippen LogP contribution >= 0.6 is 12.4 Å². The monoisotopic (exact) mass is 379 g/mol. The lowest BCUT2D eigenvalue weighted by Gasteiger charge is -2.26. The van der Waals surface area contributed by atoms with Crippen molar-refractivity contribution in [1.82, 2.24) is 14.7 Å². The van der Waals surface area contributed by atoms with Gasteiger partial charge in [-0.3, -0.25) is 4.90 Å². The summed E-state index contributed by atoms with van der Waals surface area (Å²) in [5.41, 5.74) is 3.59. The van der Waals surface area contributed by atoms with Crippen LogP contribution in [-0.4, -0.2) is 41.0 Å². The Morgan fingerprint density at radius 2 is 1.70 bits per heavy atom. The fourth-order valence-corrected chi connectivity index (χ4v) is 3.76. The third kappa shape index (κ3) is 3.44. The van der Waals surface area contributed by atoms with Crippen molar-refractivity contribution in [3.63, 3.8) is 0 Å². The second-order valence-corrected chi connectivity index (χ2v) is 6.83. The fourth-order valence-electron chi connectivity index (χ4n) is 3.76. The smallest absolute Gasteiger partial charge is 0.0744 e. The molecule has 1 aromatic heterocycles. The predicted molar refractivity (Wildman–Crippen MR) is 112 cm³/mol. The van der Waals surface area contributed by atoms with E-state index in [1.807, 2.05) is 10.9 Å². The average Bonchev–Trinajstić information content (AvgIpc) is 3.14. The van der Waals surface area contributed by atoms with E-state index in [0.29, 0.717) is 0 Å². The lowest BCUT2D eigenvalue weighted by molar-refractivity contribution is 0.0344. The van der Waals surface area contributed by atoms with E-state index in [-0.39, 0.29) is 12.4 Å². The number of halogens is 1. The Morgan fingerprint density at radius 3 is 2.56 bits per heavy atom. The molecule has 27 heavy (non-hydrogen) atoms. The molecule has 1 saturated heterocycles. The summed E-state index contributed by atoms with van der Waals surface area (Å²) in [6, 6.07) is 21.4. The number of aromatic nitrogens is 2. The van der Waals surface area contributed by atoms with Gasteiger partial charge in [0.1, 0.15) is 0 Å². The van der Waals surface area contributed by atoms with Crippen molar-refractivity contribution >= 4 is 34.1 Å². The standard InChI is InChI=1S/C22H21N3O.ClH/c1-2-5-18-14-20(9-8-17(18)4-1)25-22-7-3-6-19(21(22)15-23-25)16-24-10-12-26-13-11-24;/h1-9,14-15H,10-13,16H2;1H. The highest BCUT2D eigenvalue weighted by Crippen LogP contribution is 2.25. The lowest BCUT2D eigenvalue weighted by atomic mass is 10.1. The van der Waals surface area contributed by atoms with Crippen molar-refractivity contribution in [1.29, 1.82) is 0 Å². The quantitative estimate of drug-likeness (QED) is 0.527. The van der Waals surface area contributed by atoms with Crippen LogP contribution in [0.4, 0.5) is 0 Å². The van der Waals surface area contributed by atoms with Gasteiger partial charge in [-0.2, -0.15) is 5.10 Å². The molecule has 0 radical (unpaired) electrons. The van der Waals surface area contributed by atoms with Crippen LogP contribution in [0.2, 0.25) is 0 Å². The molecule has 0 amide bonds. The van der Waals surface area contributed by atoms with Gasteiger partial charge in [0.15, 0.2) is 0 Å². The molecule has 0 spiro atoms. The second kappa shape index (κ2) is 7.69. The number of fused-ring (bicyclic) bond motifs is 2. The number of nitrogens with zero attached hydrogens (tertiary/aromatic N) is 3. The highest BCUT2D eigenvalue weighted by Gasteiger charge is 2.14. The van der Waals surface area contributed by atoms with Crippen molar-refractivity contribution in [2.75, 3.05) is 26.3 Å². The molecule has 0 bridgehead atoms. The Labute approximate surface area is 164 Å². The maximum absolute atomic E-state index is 5.46. The van der Waals surface area contributed by atoms with E-state index in [0.717, 1.165) is 44.1 Å². The van der Waals surface area contributed by atoms with E-state index < -0.39 is 0 Å². The van der Waals surface area contributed by atoms with Crippen LogP contribution < -0.4 is 0 Å². The van der Waals surface area contributed by atoms with Crippen LogP contribution in [0.3, 0.4) is 0 Å². The van der Waals surface area contributed by atoms with Gasteiger partial charge in [0.25, 0.3) is 0 Å². The molecule has 0 saturated carbocycles. The predicted octanol–water partition coefficient (Wildman–Crippen LogP) is 4.43. The molecular weight excluding hydrogens is 358 g/mol. The fraction of sp³-hybridized carbons (Fsp3) is 0.227. The van der Waals surface area contributed by atoms with Gasteiger partial charge in [-0.1, -0.05) is 42.5 Å². The minimum atomic E-state index is 0. The van der Waals surface area contributed by atoms with Gasteiger partial charge >= 0.3 is 0 Å². The lowest BCUT2D eigenvalue weighted by Crippen LogP contribution is -2.35. The number of morpholine rings is 1. The Kier molecular flexibility index (Phi) is 5.12. The normalized spacial score (nSPS) is 15.1. The summed E-state index contributed by atoms with van der Waals surface area (Å²) < 4.78 is 7.51. The summed E-state index contributed by atoms with van der Waals surface area (Å²) in [5, 5.41) is 8.41. The van der Waals surface area contributed by atoms with E-state index in [9.17, 15) is 0 Å². The molecule has 4 aromatic rings. The van der Waals surface area contributed by atoms with Crippen molar-refractivity contribution in [3.05, 3.63) is 72.4 Å². The first kappa shape index (κ1) is 18.0. The van der Waals surface area contributed by atoms with E-state index in [4.69, 9.17) is 9.84 Å². The molecule has 1 fully saturated rings. The summed E-state index contributed by atoms with van der Waals surface area (Å²) >= 11 is 0. The SMILES string of the molecule is Cl.c1ccc2cc(-n3ncc4c(CN5CCOCC5)cccc43)ccc2c1. The first-order valence-corrected chi connectivity index (χ1v) is 9.13. The van der Waals surface area contributed by atoms with Crippen LogP contribution in [0, 0.1) is 0 Å². The maximum Gasteiger partial charge on any atom is 0.0744 e. The Hall–Kier alpha value is -2.40. The molecule has 0 atom stereocenters. The maximum atomic E-state index is 5.46. The topological polar surface area (TPSA) is 30.3 Å². The van der Waals surface area contributed by atoms with E-state index in [1.165, 1.54) is 21.7 Å². The van der Waals surface area contributed by atoms with Gasteiger partial charge in [-0.25, -0.2) is 4.68 Å². The zero-order valence-electron chi connectivity index (χ0n) is 15.0. The van der Waals surface area contributed by atoms with Gasteiger partial charge in [0, 0.05) is 25.0 Å². The summed E-state index contributed by atoms with van der Waals surface area (Å²) in [6.07, 6.45) is 2.00. The number of hydrogen-bond acceptors (Lipinski definition) is 3. The van der Waals surface area contributed by atoms with Crippen molar-refractivity contribution in [2.24, 2.45) is 0 Å². The average molecular weight is 380 g/mol. The molecule has 3 aromatic carbocycles. The van der Waals surface area contributed by atoms with Crippen LogP contribution in [0.25, 0.3) is 27.4 Å². The van der Waals surface area contributed by atoms with Crippen molar-refractivity contribution in [2.45, 2.75) is 6.54 Å². The van der Waals surface area contributed by atoms with Crippen LogP contribution in [0.5, 0.6) is 0 Å². The Balaban J connectivity index is 0.00000180. The molecule has 1 aliphatic heterocycles. The van der Waals surface area contributed by atoms with Crippen LogP contribution in [-0.2, 0) is 11.3 Å². The minimum absolute atomic E-state index is 0. The zero-order valence-corrected chi connectivity index (χ0v) is 15.9. The molecule has 0 unspecified atom stereocenters. The highest BCUT2D eigenvalue weighted by atomic mass is 35.5. The summed E-state index contributed by atoms with van der Waals surface area (Å²) in [7, 11) is 0. The van der Waals surface area contributed by atoms with E-state index >= 15 is 0 Å². The van der Waals surface area contributed by atoms with Gasteiger partial charge in [0.2, 0.25) is 0 Å². The summed E-state index contributed by atoms with van der Waals surface area (Å²) in [6.45, 7) is 4.59. The van der Waals surface area contributed by atoms with Crippen LogP contribution in [0.1, 0.15) is 5.56 Å². The molecule has 5 rings (SSSR count). The highest BCUT2D eigenvalue weighted by molar-refractivity contribution is 5.87. The Morgan fingerprint density at radius 1 is 0.889 bits per heavy atom. The minimum Gasteiger partial charge on any atom is -0.379 e. The molecule has 0 aliphatic carbocycles. The molecule has 0 N–H and O–H groups in total. The first-order valence-electron chi connectivity index (χ1n) is 9.13. The van der Waals surface area contributed by atoms with E-state index in [2.05, 4.69) is 65.6 Å². The molecular formula is C22H22ClN3O. The molecule has 4 nitrogen and oxygen atoms in total. The third-order valence-corrected chi connectivity index (χ3v) is 5.18. The zero-order chi connectivity index (χ0) is 17.3. The first-order chi connectivity index (χ1) is 12.9. The number of hydrogen-bond donors (Lipinski definition) is 0. The number of benzene rings is 3. The Bertz CT molecular complexity index is 1070. The van der Waals surface area contributed by atoms with Crippen molar-refractivity contribution < 1.29 is 4.74 Å². The van der Waals surface area contributed by atoms with Gasteiger partial charge in [0.05, 0.1) is 30.6 Å². The molecule has 1 aliphatic rings. The second-order valence-electron chi connectivity index (χ2n) is 6.83.